The van der Waals surface area contributed by atoms with Crippen LogP contribution in [0.2, 0.25) is 0 Å². The summed E-state index contributed by atoms with van der Waals surface area (Å²) in [5.74, 6) is 0.752. The molecule has 0 bridgehead atoms. The largest absolute Gasteiger partial charge is 0.463 e. The first kappa shape index (κ1) is 18.4. The van der Waals surface area contributed by atoms with Crippen molar-refractivity contribution in [2.24, 2.45) is 0 Å². The van der Waals surface area contributed by atoms with Crippen molar-refractivity contribution >= 4 is 16.9 Å². The van der Waals surface area contributed by atoms with Crippen molar-refractivity contribution in [2.45, 2.75) is 13.1 Å². The zero-order chi connectivity index (χ0) is 19.5. The molecule has 28 heavy (non-hydrogen) atoms. The lowest BCUT2D eigenvalue weighted by Gasteiger charge is -2.24. The first-order valence-corrected chi connectivity index (χ1v) is 9.22. The van der Waals surface area contributed by atoms with Gasteiger partial charge in [0.25, 0.3) is 5.56 Å². The molecule has 0 spiro atoms. The maximum absolute atomic E-state index is 13.1. The van der Waals surface area contributed by atoms with Crippen molar-refractivity contribution in [3.8, 4) is 0 Å². The average Bonchev–Trinajstić information content (AvgIpc) is 3.20. The fourth-order valence-electron chi connectivity index (χ4n) is 3.40. The smallest absolute Gasteiger partial charge is 0.373 e. The van der Waals surface area contributed by atoms with E-state index >= 15 is 0 Å². The van der Waals surface area contributed by atoms with Crippen LogP contribution < -0.4 is 10.5 Å². The molecule has 0 saturated carbocycles. The summed E-state index contributed by atoms with van der Waals surface area (Å²) in [6.07, 6.45) is 0. The average molecular weight is 384 g/mol. The van der Waals surface area contributed by atoms with Crippen molar-refractivity contribution in [3.05, 3.63) is 64.1 Å². The summed E-state index contributed by atoms with van der Waals surface area (Å²) >= 11 is 0. The molecule has 0 amide bonds. The molecule has 4 rings (SSSR count). The molecule has 3 heterocycles. The number of carbonyl (C=O) groups is 1. The fourth-order valence-corrected chi connectivity index (χ4v) is 3.40. The van der Waals surface area contributed by atoms with Gasteiger partial charge in [0.15, 0.2) is 5.82 Å². The van der Waals surface area contributed by atoms with Gasteiger partial charge in [-0.3, -0.25) is 9.36 Å². The second-order valence-electron chi connectivity index (χ2n) is 6.73. The van der Waals surface area contributed by atoms with E-state index in [1.54, 1.807) is 22.8 Å². The number of benzene rings is 1. The number of para-hydroxylation sites is 1. The van der Waals surface area contributed by atoms with E-state index in [9.17, 15) is 9.59 Å². The van der Waals surface area contributed by atoms with Crippen molar-refractivity contribution in [2.75, 3.05) is 33.4 Å². The quantitative estimate of drug-likeness (QED) is 0.634. The minimum absolute atomic E-state index is 0.111. The van der Waals surface area contributed by atoms with Gasteiger partial charge in [0.2, 0.25) is 5.76 Å². The van der Waals surface area contributed by atoms with E-state index in [2.05, 4.69) is 4.74 Å². The van der Waals surface area contributed by atoms with Crippen molar-refractivity contribution in [1.29, 1.82) is 0 Å². The molecule has 8 heteroatoms. The summed E-state index contributed by atoms with van der Waals surface area (Å²) < 4.78 is 17.3. The van der Waals surface area contributed by atoms with Crippen molar-refractivity contribution in [1.82, 2.24) is 9.55 Å². The number of furan rings is 1. The molecule has 0 unspecified atom stereocenters. The van der Waals surface area contributed by atoms with Gasteiger partial charge in [0.05, 0.1) is 37.8 Å². The SMILES string of the molecule is COC(=O)c1ccc(Cn2c(C[NH+]3CCOCC3)nc3ccccc3c2=O)o1. The van der Waals surface area contributed by atoms with Crippen molar-refractivity contribution < 1.29 is 23.6 Å². The van der Waals surface area contributed by atoms with Gasteiger partial charge in [-0.25, -0.2) is 9.78 Å². The molecule has 0 radical (unpaired) electrons. The lowest BCUT2D eigenvalue weighted by atomic mass is 10.2. The third-order valence-electron chi connectivity index (χ3n) is 4.91. The number of methoxy groups -OCH3 is 1. The summed E-state index contributed by atoms with van der Waals surface area (Å²) in [6.45, 7) is 3.97. The molecule has 0 aliphatic carbocycles. The number of aromatic nitrogens is 2. The first-order valence-electron chi connectivity index (χ1n) is 9.22. The number of ether oxygens (including phenoxy) is 2. The topological polar surface area (TPSA) is 88.0 Å². The second kappa shape index (κ2) is 7.95. The van der Waals surface area contributed by atoms with Gasteiger partial charge in [-0.15, -0.1) is 0 Å². The highest BCUT2D eigenvalue weighted by molar-refractivity contribution is 5.86. The molecular weight excluding hydrogens is 362 g/mol. The number of rotatable bonds is 5. The Kier molecular flexibility index (Phi) is 5.23. The maximum atomic E-state index is 13.1. The molecular formula is C20H22N3O5+. The highest BCUT2D eigenvalue weighted by Gasteiger charge is 2.20. The molecule has 146 valence electrons. The maximum Gasteiger partial charge on any atom is 0.373 e. The molecule has 1 N–H and O–H groups in total. The van der Waals surface area contributed by atoms with Gasteiger partial charge in [-0.05, 0) is 24.3 Å². The van der Waals surface area contributed by atoms with Crippen LogP contribution in [0.15, 0.2) is 45.6 Å². The minimum Gasteiger partial charge on any atom is -0.463 e. The molecule has 1 aliphatic heterocycles. The molecule has 0 atom stereocenters. The third kappa shape index (κ3) is 3.69. The lowest BCUT2D eigenvalue weighted by Crippen LogP contribution is -3.13. The number of esters is 1. The van der Waals surface area contributed by atoms with Crippen LogP contribution in [0, 0.1) is 0 Å². The van der Waals surface area contributed by atoms with E-state index in [0.717, 1.165) is 13.1 Å². The van der Waals surface area contributed by atoms with Gasteiger partial charge >= 0.3 is 5.97 Å². The number of carbonyl (C=O) groups excluding carboxylic acids is 1. The van der Waals surface area contributed by atoms with E-state index in [0.29, 0.717) is 42.2 Å². The van der Waals surface area contributed by atoms with Crippen LogP contribution in [-0.4, -0.2) is 48.9 Å². The van der Waals surface area contributed by atoms with Crippen LogP contribution in [-0.2, 0) is 22.6 Å². The fraction of sp³-hybridized carbons (Fsp3) is 0.350. The standard InChI is InChI=1S/C20H21N3O5/c1-26-20(25)17-7-6-14(28-17)12-23-18(13-22-8-10-27-11-9-22)21-16-5-3-2-4-15(16)19(23)24/h2-7H,8-13H2,1H3/p+1. The van der Waals surface area contributed by atoms with E-state index in [1.807, 2.05) is 18.2 Å². The normalized spacial score (nSPS) is 15.0. The molecule has 8 nitrogen and oxygen atoms in total. The molecule has 3 aromatic rings. The van der Waals surface area contributed by atoms with Crippen LogP contribution >= 0.6 is 0 Å². The Hall–Kier alpha value is -2.97. The van der Waals surface area contributed by atoms with Gasteiger partial charge < -0.3 is 18.8 Å². The number of nitrogens with one attached hydrogen (secondary N) is 1. The Morgan fingerprint density at radius 3 is 2.79 bits per heavy atom. The summed E-state index contributed by atoms with van der Waals surface area (Å²) in [5, 5.41) is 0.558. The molecule has 1 aromatic carbocycles. The molecule has 1 aliphatic rings. The summed E-state index contributed by atoms with van der Waals surface area (Å²) in [4.78, 5) is 30.9. The minimum atomic E-state index is -0.548. The zero-order valence-electron chi connectivity index (χ0n) is 15.6. The van der Waals surface area contributed by atoms with Crippen LogP contribution in [0.4, 0.5) is 0 Å². The predicted octanol–water partition coefficient (Wildman–Crippen LogP) is 0.240. The molecule has 1 saturated heterocycles. The molecule has 1 fully saturated rings. The number of quaternary nitrogens is 1. The van der Waals surface area contributed by atoms with E-state index in [-0.39, 0.29) is 17.9 Å². The van der Waals surface area contributed by atoms with Gasteiger partial charge in [0, 0.05) is 0 Å². The summed E-state index contributed by atoms with van der Waals surface area (Å²) in [5.41, 5.74) is 0.561. The predicted molar refractivity (Wildman–Crippen MR) is 100 cm³/mol. The monoisotopic (exact) mass is 384 g/mol. The first-order chi connectivity index (χ1) is 13.7. The van der Waals surface area contributed by atoms with Crippen LogP contribution in [0.1, 0.15) is 22.1 Å². The van der Waals surface area contributed by atoms with Gasteiger partial charge in [0.1, 0.15) is 25.4 Å². The van der Waals surface area contributed by atoms with Crippen LogP contribution in [0.5, 0.6) is 0 Å². The highest BCUT2D eigenvalue weighted by atomic mass is 16.5. The number of hydrogen-bond acceptors (Lipinski definition) is 6. The Morgan fingerprint density at radius 1 is 1.21 bits per heavy atom. The Morgan fingerprint density at radius 2 is 2.00 bits per heavy atom. The highest BCUT2D eigenvalue weighted by Crippen LogP contribution is 2.13. The van der Waals surface area contributed by atoms with Crippen LogP contribution in [0.3, 0.4) is 0 Å². The Balaban J connectivity index is 1.72. The van der Waals surface area contributed by atoms with E-state index in [1.165, 1.54) is 12.0 Å². The van der Waals surface area contributed by atoms with Gasteiger partial charge in [-0.2, -0.15) is 0 Å². The third-order valence-corrected chi connectivity index (χ3v) is 4.91. The van der Waals surface area contributed by atoms with Crippen molar-refractivity contribution in [3.63, 3.8) is 0 Å². The van der Waals surface area contributed by atoms with E-state index < -0.39 is 5.97 Å². The zero-order valence-corrected chi connectivity index (χ0v) is 15.6. The number of hydrogen-bond donors (Lipinski definition) is 1. The molecule has 2 aromatic heterocycles. The number of fused-ring (bicyclic) bond motifs is 1. The summed E-state index contributed by atoms with van der Waals surface area (Å²) in [6, 6.07) is 10.5. The Bertz CT molecular complexity index is 1050. The van der Waals surface area contributed by atoms with Gasteiger partial charge in [-0.1, -0.05) is 12.1 Å². The summed E-state index contributed by atoms with van der Waals surface area (Å²) in [7, 11) is 1.30. The second-order valence-corrected chi connectivity index (χ2v) is 6.73. The lowest BCUT2D eigenvalue weighted by molar-refractivity contribution is -0.922. The number of nitrogens with zero attached hydrogens (tertiary/aromatic N) is 2. The van der Waals surface area contributed by atoms with Crippen LogP contribution in [0.25, 0.3) is 10.9 Å². The van der Waals surface area contributed by atoms with E-state index in [4.69, 9.17) is 14.1 Å². The number of morpholine rings is 1. The Labute approximate surface area is 161 Å².